The van der Waals surface area contributed by atoms with Gasteiger partial charge in [-0.3, -0.25) is 4.98 Å². The van der Waals surface area contributed by atoms with Crippen molar-refractivity contribution in [3.8, 4) is 0 Å². The van der Waals surface area contributed by atoms with E-state index in [1.807, 2.05) is 58.0 Å². The second-order valence-corrected chi connectivity index (χ2v) is 6.67. The second-order valence-electron chi connectivity index (χ2n) is 6.67. The van der Waals surface area contributed by atoms with Crippen molar-refractivity contribution in [2.24, 2.45) is 0 Å². The number of benzene rings is 1. The molecular weight excluding hydrogens is 290 g/mol. The molecule has 0 aliphatic carbocycles. The number of carbonyl (C=O) groups is 1. The summed E-state index contributed by atoms with van der Waals surface area (Å²) in [6.45, 7) is 8.78. The third kappa shape index (κ3) is 5.87. The minimum atomic E-state index is -0.480. The van der Waals surface area contributed by atoms with Gasteiger partial charge < -0.3 is 15.4 Å². The number of nitrogens with one attached hydrogen (secondary N) is 2. The summed E-state index contributed by atoms with van der Waals surface area (Å²) in [4.78, 5) is 16.3. The van der Waals surface area contributed by atoms with Crippen molar-refractivity contribution in [3.05, 3.63) is 42.1 Å². The fraction of sp³-hybridized carbons (Fsp3) is 0.444. The monoisotopic (exact) mass is 315 g/mol. The van der Waals surface area contributed by atoms with Crippen LogP contribution in [-0.2, 0) is 11.3 Å². The van der Waals surface area contributed by atoms with E-state index in [1.54, 1.807) is 0 Å². The van der Waals surface area contributed by atoms with E-state index in [9.17, 15) is 4.79 Å². The Labute approximate surface area is 137 Å². The van der Waals surface area contributed by atoms with Crippen molar-refractivity contribution in [1.29, 1.82) is 0 Å². The first-order chi connectivity index (χ1) is 10.8. The zero-order chi connectivity index (χ0) is 16.9. The topological polar surface area (TPSA) is 63.2 Å². The molecule has 1 aromatic heterocycles. The van der Waals surface area contributed by atoms with Crippen LogP contribution in [0.15, 0.2) is 36.4 Å². The number of hydrogen-bond acceptors (Lipinski definition) is 4. The van der Waals surface area contributed by atoms with Crippen LogP contribution in [0.3, 0.4) is 0 Å². The van der Waals surface area contributed by atoms with Gasteiger partial charge in [0, 0.05) is 24.5 Å². The molecule has 0 radical (unpaired) electrons. The van der Waals surface area contributed by atoms with Crippen molar-refractivity contribution in [1.82, 2.24) is 15.6 Å². The summed E-state index contributed by atoms with van der Waals surface area (Å²) < 4.78 is 5.23. The molecule has 2 N–H and O–H groups in total. The number of carbonyl (C=O) groups excluding carboxylic acids is 1. The van der Waals surface area contributed by atoms with Crippen LogP contribution in [0.4, 0.5) is 4.79 Å². The molecule has 5 heteroatoms. The largest absolute Gasteiger partial charge is 0.444 e. The molecule has 0 saturated carbocycles. The molecule has 2 aromatic rings. The van der Waals surface area contributed by atoms with E-state index in [4.69, 9.17) is 4.74 Å². The molecule has 0 aliphatic rings. The number of amides is 1. The standard InChI is InChI=1S/C18H25N3O2/c1-13(20-17(22)23-18(2,3)4)11-19-12-15-10-9-14-7-5-6-8-16(14)21-15/h5-10,13,19H,11-12H2,1-4H3,(H,20,22). The second kappa shape index (κ2) is 7.42. The number of nitrogens with zero attached hydrogens (tertiary/aromatic N) is 1. The third-order valence-corrected chi connectivity index (χ3v) is 3.18. The smallest absolute Gasteiger partial charge is 0.407 e. The van der Waals surface area contributed by atoms with E-state index in [0.717, 1.165) is 16.6 Å². The molecule has 1 aromatic carbocycles. The highest BCUT2D eigenvalue weighted by molar-refractivity contribution is 5.78. The maximum absolute atomic E-state index is 11.7. The van der Waals surface area contributed by atoms with Gasteiger partial charge in [0.05, 0.1) is 11.2 Å². The van der Waals surface area contributed by atoms with Crippen LogP contribution in [0.1, 0.15) is 33.4 Å². The normalized spacial score (nSPS) is 12.9. The summed E-state index contributed by atoms with van der Waals surface area (Å²) >= 11 is 0. The molecule has 0 spiro atoms. The summed E-state index contributed by atoms with van der Waals surface area (Å²) in [6.07, 6.45) is -0.393. The molecule has 23 heavy (non-hydrogen) atoms. The van der Waals surface area contributed by atoms with Gasteiger partial charge in [-0.05, 0) is 39.8 Å². The number of alkyl carbamates (subject to hydrolysis) is 1. The number of para-hydroxylation sites is 1. The van der Waals surface area contributed by atoms with Crippen LogP contribution < -0.4 is 10.6 Å². The summed E-state index contributed by atoms with van der Waals surface area (Å²) in [5.41, 5.74) is 1.49. The molecule has 1 unspecified atom stereocenters. The SMILES string of the molecule is CC(CNCc1ccc2ccccc2n1)NC(=O)OC(C)(C)C. The van der Waals surface area contributed by atoms with E-state index in [2.05, 4.69) is 21.7 Å². The Bertz CT molecular complexity index is 665. The van der Waals surface area contributed by atoms with Crippen molar-refractivity contribution < 1.29 is 9.53 Å². The Kier molecular flexibility index (Phi) is 5.55. The van der Waals surface area contributed by atoms with Gasteiger partial charge >= 0.3 is 6.09 Å². The lowest BCUT2D eigenvalue weighted by molar-refractivity contribution is 0.0508. The van der Waals surface area contributed by atoms with E-state index < -0.39 is 11.7 Å². The average Bonchev–Trinajstić information content (AvgIpc) is 2.45. The molecule has 5 nitrogen and oxygen atoms in total. The molecule has 0 fully saturated rings. The van der Waals surface area contributed by atoms with E-state index >= 15 is 0 Å². The number of hydrogen-bond donors (Lipinski definition) is 2. The fourth-order valence-corrected chi connectivity index (χ4v) is 2.18. The first-order valence-electron chi connectivity index (χ1n) is 7.88. The Morgan fingerprint density at radius 2 is 1.96 bits per heavy atom. The van der Waals surface area contributed by atoms with Crippen molar-refractivity contribution in [2.75, 3.05) is 6.54 Å². The Morgan fingerprint density at radius 1 is 1.22 bits per heavy atom. The Balaban J connectivity index is 1.78. The van der Waals surface area contributed by atoms with E-state index in [-0.39, 0.29) is 6.04 Å². The lowest BCUT2D eigenvalue weighted by Gasteiger charge is -2.22. The van der Waals surface area contributed by atoms with Crippen LogP contribution in [0.2, 0.25) is 0 Å². The van der Waals surface area contributed by atoms with Crippen molar-refractivity contribution >= 4 is 17.0 Å². The highest BCUT2D eigenvalue weighted by Crippen LogP contribution is 2.11. The molecular formula is C18H25N3O2. The van der Waals surface area contributed by atoms with Gasteiger partial charge in [0.1, 0.15) is 5.60 Å². The number of pyridine rings is 1. The van der Waals surface area contributed by atoms with Crippen LogP contribution in [0, 0.1) is 0 Å². The Hall–Kier alpha value is -2.14. The third-order valence-electron chi connectivity index (χ3n) is 3.18. The molecule has 124 valence electrons. The number of rotatable bonds is 5. The van der Waals surface area contributed by atoms with Crippen LogP contribution >= 0.6 is 0 Å². The molecule has 0 saturated heterocycles. The number of fused-ring (bicyclic) bond motifs is 1. The molecule has 2 rings (SSSR count). The quantitative estimate of drug-likeness (QED) is 0.889. The molecule has 0 bridgehead atoms. The van der Waals surface area contributed by atoms with Gasteiger partial charge in [0.2, 0.25) is 0 Å². The summed E-state index contributed by atoms with van der Waals surface area (Å²) in [7, 11) is 0. The predicted molar refractivity (Wildman–Crippen MR) is 92.3 cm³/mol. The van der Waals surface area contributed by atoms with Crippen LogP contribution in [0.25, 0.3) is 10.9 Å². The molecule has 1 atom stereocenters. The van der Waals surface area contributed by atoms with E-state index in [1.165, 1.54) is 0 Å². The zero-order valence-corrected chi connectivity index (χ0v) is 14.2. The van der Waals surface area contributed by atoms with Gasteiger partial charge in [-0.15, -0.1) is 0 Å². The maximum atomic E-state index is 11.7. The predicted octanol–water partition coefficient (Wildman–Crippen LogP) is 3.24. The molecule has 0 aliphatic heterocycles. The molecule has 1 amide bonds. The maximum Gasteiger partial charge on any atom is 0.407 e. The van der Waals surface area contributed by atoms with Crippen molar-refractivity contribution in [3.63, 3.8) is 0 Å². The minimum absolute atomic E-state index is 0.0229. The fourth-order valence-electron chi connectivity index (χ4n) is 2.18. The Morgan fingerprint density at radius 3 is 2.70 bits per heavy atom. The lowest BCUT2D eigenvalue weighted by atomic mass is 10.2. The summed E-state index contributed by atoms with van der Waals surface area (Å²) in [5, 5.41) is 7.25. The van der Waals surface area contributed by atoms with Gasteiger partial charge in [-0.25, -0.2) is 4.79 Å². The first kappa shape index (κ1) is 17.2. The van der Waals surface area contributed by atoms with E-state index in [0.29, 0.717) is 13.1 Å². The molecule has 1 heterocycles. The first-order valence-corrected chi connectivity index (χ1v) is 7.88. The summed E-state index contributed by atoms with van der Waals surface area (Å²) in [5.74, 6) is 0. The lowest BCUT2D eigenvalue weighted by Crippen LogP contribution is -2.42. The highest BCUT2D eigenvalue weighted by atomic mass is 16.6. The van der Waals surface area contributed by atoms with Gasteiger partial charge in [0.25, 0.3) is 0 Å². The van der Waals surface area contributed by atoms with Gasteiger partial charge in [0.15, 0.2) is 0 Å². The number of aromatic nitrogens is 1. The van der Waals surface area contributed by atoms with Crippen LogP contribution in [0.5, 0.6) is 0 Å². The van der Waals surface area contributed by atoms with Crippen molar-refractivity contribution in [2.45, 2.75) is 45.9 Å². The zero-order valence-electron chi connectivity index (χ0n) is 14.2. The van der Waals surface area contributed by atoms with Crippen LogP contribution in [-0.4, -0.2) is 29.3 Å². The van der Waals surface area contributed by atoms with Gasteiger partial charge in [-0.2, -0.15) is 0 Å². The summed E-state index contributed by atoms with van der Waals surface area (Å²) in [6, 6.07) is 12.1. The minimum Gasteiger partial charge on any atom is -0.444 e. The highest BCUT2D eigenvalue weighted by Gasteiger charge is 2.17. The van der Waals surface area contributed by atoms with Gasteiger partial charge in [-0.1, -0.05) is 24.3 Å². The number of ether oxygens (including phenoxy) is 1. The average molecular weight is 315 g/mol.